The highest BCUT2D eigenvalue weighted by Crippen LogP contribution is 2.22. The van der Waals surface area contributed by atoms with Crippen LogP contribution in [-0.2, 0) is 14.8 Å². The zero-order valence-corrected chi connectivity index (χ0v) is 16.8. The Hall–Kier alpha value is -2.90. The summed E-state index contributed by atoms with van der Waals surface area (Å²) >= 11 is 0. The van der Waals surface area contributed by atoms with E-state index in [1.165, 1.54) is 4.31 Å². The molecule has 0 aliphatic carbocycles. The van der Waals surface area contributed by atoms with Crippen LogP contribution in [0, 0.1) is 0 Å². The molecule has 1 heterocycles. The molecule has 1 amide bonds. The predicted octanol–water partition coefficient (Wildman–Crippen LogP) is 3.67. The quantitative estimate of drug-likeness (QED) is 0.651. The fraction of sp³-hybridized carbons (Fsp3) is 0.227. The number of amides is 1. The van der Waals surface area contributed by atoms with Gasteiger partial charge in [0, 0.05) is 24.5 Å². The van der Waals surface area contributed by atoms with Gasteiger partial charge in [0.2, 0.25) is 15.9 Å². The highest BCUT2D eigenvalue weighted by Gasteiger charge is 2.26. The lowest BCUT2D eigenvalue weighted by molar-refractivity contribution is -0.114. The molecule has 4 rings (SSSR count). The number of nitrogens with one attached hydrogen (secondary N) is 2. The monoisotopic (exact) mass is 409 g/mol. The van der Waals surface area contributed by atoms with Crippen LogP contribution < -0.4 is 10.6 Å². The third kappa shape index (κ3) is 4.41. The molecule has 29 heavy (non-hydrogen) atoms. The van der Waals surface area contributed by atoms with Crippen molar-refractivity contribution in [2.24, 2.45) is 0 Å². The molecule has 3 aromatic carbocycles. The van der Waals surface area contributed by atoms with Crippen molar-refractivity contribution >= 4 is 38.1 Å². The predicted molar refractivity (Wildman–Crippen MR) is 116 cm³/mol. The molecule has 6 nitrogen and oxygen atoms in total. The summed E-state index contributed by atoms with van der Waals surface area (Å²) in [6.45, 7) is 1.25. The number of nitrogens with zero attached hydrogens (tertiary/aromatic N) is 1. The maximum absolute atomic E-state index is 12.5. The molecule has 0 aromatic heterocycles. The molecule has 2 N–H and O–H groups in total. The Morgan fingerprint density at radius 2 is 1.52 bits per heavy atom. The van der Waals surface area contributed by atoms with Crippen molar-refractivity contribution in [3.8, 4) is 0 Å². The van der Waals surface area contributed by atoms with Gasteiger partial charge in [-0.15, -0.1) is 0 Å². The van der Waals surface area contributed by atoms with E-state index in [0.717, 1.165) is 29.3 Å². The number of benzene rings is 3. The van der Waals surface area contributed by atoms with Crippen molar-refractivity contribution in [2.45, 2.75) is 17.7 Å². The molecular weight excluding hydrogens is 386 g/mol. The molecule has 3 aromatic rings. The van der Waals surface area contributed by atoms with Gasteiger partial charge < -0.3 is 10.6 Å². The molecule has 0 unspecified atom stereocenters. The van der Waals surface area contributed by atoms with E-state index < -0.39 is 10.0 Å². The molecule has 1 fully saturated rings. The maximum Gasteiger partial charge on any atom is 0.243 e. The molecule has 1 saturated heterocycles. The van der Waals surface area contributed by atoms with Crippen LogP contribution in [-0.4, -0.2) is 38.3 Å². The summed E-state index contributed by atoms with van der Waals surface area (Å²) in [6, 6.07) is 20.3. The fourth-order valence-electron chi connectivity index (χ4n) is 3.48. The third-order valence-corrected chi connectivity index (χ3v) is 6.96. The van der Waals surface area contributed by atoms with Gasteiger partial charge in [-0.2, -0.15) is 4.31 Å². The van der Waals surface area contributed by atoms with E-state index in [0.29, 0.717) is 18.8 Å². The topological polar surface area (TPSA) is 78.5 Å². The summed E-state index contributed by atoms with van der Waals surface area (Å²) < 4.78 is 26.6. The summed E-state index contributed by atoms with van der Waals surface area (Å²) in [5, 5.41) is 8.08. The largest absolute Gasteiger partial charge is 0.376 e. The van der Waals surface area contributed by atoms with Crippen LogP contribution in [0.25, 0.3) is 10.8 Å². The van der Waals surface area contributed by atoms with Gasteiger partial charge in [-0.1, -0.05) is 30.3 Å². The van der Waals surface area contributed by atoms with Gasteiger partial charge in [-0.05, 0) is 60.0 Å². The van der Waals surface area contributed by atoms with Crippen LogP contribution in [0.2, 0.25) is 0 Å². The van der Waals surface area contributed by atoms with Gasteiger partial charge in [0.05, 0.1) is 11.4 Å². The first-order valence-corrected chi connectivity index (χ1v) is 11.1. The van der Waals surface area contributed by atoms with Gasteiger partial charge in [-0.3, -0.25) is 4.79 Å². The molecule has 1 aliphatic heterocycles. The normalized spacial score (nSPS) is 14.8. The molecule has 0 bridgehead atoms. The number of carbonyl (C=O) groups excluding carboxylic acids is 1. The van der Waals surface area contributed by atoms with Crippen molar-refractivity contribution in [1.29, 1.82) is 0 Å². The Labute approximate surface area is 170 Å². The molecular formula is C22H23N3O3S. The Morgan fingerprint density at radius 3 is 2.24 bits per heavy atom. The summed E-state index contributed by atoms with van der Waals surface area (Å²) in [4.78, 5) is 12.5. The summed E-state index contributed by atoms with van der Waals surface area (Å²) in [6.07, 6.45) is 1.82. The van der Waals surface area contributed by atoms with E-state index in [-0.39, 0.29) is 17.3 Å². The smallest absolute Gasteiger partial charge is 0.243 e. The number of anilines is 2. The minimum atomic E-state index is -3.42. The van der Waals surface area contributed by atoms with Crippen molar-refractivity contribution in [3.63, 3.8) is 0 Å². The summed E-state index contributed by atoms with van der Waals surface area (Å²) in [5.74, 6) is -0.172. The number of hydrogen-bond acceptors (Lipinski definition) is 4. The van der Waals surface area contributed by atoms with Gasteiger partial charge >= 0.3 is 0 Å². The lowest BCUT2D eigenvalue weighted by Gasteiger charge is -2.15. The molecule has 0 atom stereocenters. The highest BCUT2D eigenvalue weighted by atomic mass is 32.2. The SMILES string of the molecule is O=C(CNc1ccc(S(=O)(=O)N2CCCC2)cc1)Nc1ccc2ccccc2c1. The van der Waals surface area contributed by atoms with Crippen molar-refractivity contribution in [1.82, 2.24) is 4.31 Å². The Bertz CT molecular complexity index is 1120. The molecule has 150 valence electrons. The number of fused-ring (bicyclic) bond motifs is 1. The number of hydrogen-bond donors (Lipinski definition) is 2. The molecule has 1 aliphatic rings. The van der Waals surface area contributed by atoms with Gasteiger partial charge in [-0.25, -0.2) is 8.42 Å². The Kier molecular flexibility index (Phi) is 5.51. The standard InChI is InChI=1S/C22H23N3O3S/c26-22(24-20-8-7-17-5-1-2-6-18(17)15-20)16-23-19-9-11-21(12-10-19)29(27,28)25-13-3-4-14-25/h1-2,5-12,15,23H,3-4,13-14,16H2,(H,24,26). The first-order chi connectivity index (χ1) is 14.0. The fourth-order valence-corrected chi connectivity index (χ4v) is 4.99. The maximum atomic E-state index is 12.5. The number of rotatable bonds is 6. The minimum absolute atomic E-state index is 0.0883. The molecule has 0 saturated carbocycles. The number of carbonyl (C=O) groups is 1. The minimum Gasteiger partial charge on any atom is -0.376 e. The lowest BCUT2D eigenvalue weighted by atomic mass is 10.1. The van der Waals surface area contributed by atoms with Gasteiger partial charge in [0.1, 0.15) is 0 Å². The van der Waals surface area contributed by atoms with Crippen molar-refractivity contribution < 1.29 is 13.2 Å². The summed E-state index contributed by atoms with van der Waals surface area (Å²) in [5.41, 5.74) is 1.43. The first kappa shape index (κ1) is 19.4. The van der Waals surface area contributed by atoms with Crippen molar-refractivity contribution in [3.05, 3.63) is 66.7 Å². The third-order valence-electron chi connectivity index (χ3n) is 5.04. The Balaban J connectivity index is 1.35. The second kappa shape index (κ2) is 8.23. The molecule has 7 heteroatoms. The van der Waals surface area contributed by atoms with E-state index in [4.69, 9.17) is 0 Å². The van der Waals surface area contributed by atoms with Crippen LogP contribution in [0.4, 0.5) is 11.4 Å². The highest BCUT2D eigenvalue weighted by molar-refractivity contribution is 7.89. The lowest BCUT2D eigenvalue weighted by Crippen LogP contribution is -2.27. The summed E-state index contributed by atoms with van der Waals surface area (Å²) in [7, 11) is -3.42. The van der Waals surface area contributed by atoms with Crippen molar-refractivity contribution in [2.75, 3.05) is 30.3 Å². The van der Waals surface area contributed by atoms with Crippen LogP contribution in [0.1, 0.15) is 12.8 Å². The van der Waals surface area contributed by atoms with E-state index in [2.05, 4.69) is 10.6 Å². The second-order valence-electron chi connectivity index (χ2n) is 7.10. The number of sulfonamides is 1. The molecule has 0 spiro atoms. The second-order valence-corrected chi connectivity index (χ2v) is 9.04. The van der Waals surface area contributed by atoms with Crippen LogP contribution in [0.3, 0.4) is 0 Å². The molecule has 0 radical (unpaired) electrons. The zero-order chi connectivity index (χ0) is 20.3. The van der Waals surface area contributed by atoms with Crippen LogP contribution in [0.5, 0.6) is 0 Å². The van der Waals surface area contributed by atoms with Gasteiger partial charge in [0.25, 0.3) is 0 Å². The van der Waals surface area contributed by atoms with Gasteiger partial charge in [0.15, 0.2) is 0 Å². The van der Waals surface area contributed by atoms with Crippen LogP contribution >= 0.6 is 0 Å². The first-order valence-electron chi connectivity index (χ1n) is 9.65. The Morgan fingerprint density at radius 1 is 0.862 bits per heavy atom. The average Bonchev–Trinajstić information content (AvgIpc) is 3.28. The average molecular weight is 410 g/mol. The van der Waals surface area contributed by atoms with Crippen LogP contribution in [0.15, 0.2) is 71.6 Å². The van der Waals surface area contributed by atoms with E-state index in [9.17, 15) is 13.2 Å². The van der Waals surface area contributed by atoms with E-state index in [1.807, 2.05) is 42.5 Å². The zero-order valence-electron chi connectivity index (χ0n) is 16.0. The van der Waals surface area contributed by atoms with E-state index >= 15 is 0 Å². The van der Waals surface area contributed by atoms with E-state index in [1.54, 1.807) is 24.3 Å².